The van der Waals surface area contributed by atoms with Gasteiger partial charge in [-0.3, -0.25) is 25.0 Å². The SMILES string of the molecule is COC(=O)[C@@H](C[C@](O)(C(=O)OC)C1Cc2c(oc3cc(C)cc(OC(=O)c4ccc([N+](=O)[O-])cc4)c3c2=O)S1)OC(=O)c1ccc([N+](=O)[O-])cc1. The van der Waals surface area contributed by atoms with E-state index in [2.05, 4.69) is 0 Å². The molecular weight excluding hydrogens is 696 g/mol. The molecule has 264 valence electrons. The maximum atomic E-state index is 13.9. The number of carbonyl (C=O) groups is 4. The summed E-state index contributed by atoms with van der Waals surface area (Å²) in [6.45, 7) is 1.65. The molecule has 1 N–H and O–H groups in total. The van der Waals surface area contributed by atoms with Crippen LogP contribution in [0, 0.1) is 27.2 Å². The molecule has 0 saturated carbocycles. The first-order valence-electron chi connectivity index (χ1n) is 14.7. The molecule has 5 rings (SSSR count). The minimum Gasteiger partial charge on any atom is -0.467 e. The van der Waals surface area contributed by atoms with Gasteiger partial charge in [0.2, 0.25) is 11.5 Å². The Bertz CT molecular complexity index is 2150. The number of rotatable bonds is 11. The summed E-state index contributed by atoms with van der Waals surface area (Å²) in [4.78, 5) is 86.4. The highest BCUT2D eigenvalue weighted by Gasteiger charge is 2.53. The second-order valence-corrected chi connectivity index (χ2v) is 12.4. The molecule has 0 fully saturated rings. The lowest BCUT2D eigenvalue weighted by Crippen LogP contribution is -2.53. The van der Waals surface area contributed by atoms with Crippen LogP contribution in [0.1, 0.15) is 38.3 Å². The number of benzene rings is 3. The summed E-state index contributed by atoms with van der Waals surface area (Å²) in [6, 6.07) is 11.8. The van der Waals surface area contributed by atoms with E-state index in [-0.39, 0.29) is 56.3 Å². The number of hydrogen-bond donors (Lipinski definition) is 1. The van der Waals surface area contributed by atoms with Gasteiger partial charge in [0.1, 0.15) is 16.7 Å². The maximum absolute atomic E-state index is 13.9. The van der Waals surface area contributed by atoms with Crippen LogP contribution in [0.5, 0.6) is 5.75 Å². The van der Waals surface area contributed by atoms with Crippen molar-refractivity contribution in [2.75, 3.05) is 14.2 Å². The first-order chi connectivity index (χ1) is 24.2. The normalized spacial score (nSPS) is 15.2. The molecular formula is C33H26N2O15S. The van der Waals surface area contributed by atoms with E-state index in [9.17, 15) is 49.3 Å². The molecule has 0 spiro atoms. The van der Waals surface area contributed by atoms with Crippen molar-refractivity contribution in [1.29, 1.82) is 0 Å². The van der Waals surface area contributed by atoms with Crippen LogP contribution in [0.3, 0.4) is 0 Å². The predicted octanol–water partition coefficient (Wildman–Crippen LogP) is 3.85. The van der Waals surface area contributed by atoms with E-state index in [1.165, 1.54) is 24.3 Å². The lowest BCUT2D eigenvalue weighted by Gasteiger charge is -2.32. The third kappa shape index (κ3) is 7.26. The number of aryl methyl sites for hydroxylation is 1. The number of nitro groups is 2. The smallest absolute Gasteiger partial charge is 0.347 e. The number of ether oxygens (including phenoxy) is 4. The van der Waals surface area contributed by atoms with E-state index in [0.29, 0.717) is 5.56 Å². The molecule has 18 heteroatoms. The summed E-state index contributed by atoms with van der Waals surface area (Å²) >= 11 is 0.786. The number of carbonyl (C=O) groups excluding carboxylic acids is 4. The van der Waals surface area contributed by atoms with E-state index in [1.807, 2.05) is 0 Å². The summed E-state index contributed by atoms with van der Waals surface area (Å²) in [5.41, 5.74) is -3.50. The lowest BCUT2D eigenvalue weighted by atomic mass is 9.88. The quantitative estimate of drug-likeness (QED) is 0.0760. The van der Waals surface area contributed by atoms with Crippen LogP contribution in [0.25, 0.3) is 11.0 Å². The fraction of sp³-hybridized carbons (Fsp3) is 0.242. The molecule has 2 heterocycles. The Morgan fingerprint density at radius 1 is 0.941 bits per heavy atom. The Labute approximate surface area is 290 Å². The first kappa shape index (κ1) is 36.1. The van der Waals surface area contributed by atoms with Crippen LogP contribution in [0.4, 0.5) is 11.4 Å². The van der Waals surface area contributed by atoms with Crippen LogP contribution in [-0.2, 0) is 30.2 Å². The van der Waals surface area contributed by atoms with Gasteiger partial charge in [0.15, 0.2) is 10.7 Å². The highest BCUT2D eigenvalue weighted by atomic mass is 32.2. The van der Waals surface area contributed by atoms with Crippen LogP contribution in [-0.4, -0.2) is 70.0 Å². The predicted molar refractivity (Wildman–Crippen MR) is 175 cm³/mol. The molecule has 51 heavy (non-hydrogen) atoms. The van der Waals surface area contributed by atoms with Gasteiger partial charge in [-0.1, -0.05) is 11.8 Å². The fourth-order valence-electron chi connectivity index (χ4n) is 5.31. The molecule has 1 aliphatic heterocycles. The van der Waals surface area contributed by atoms with Crippen molar-refractivity contribution >= 4 is 58.0 Å². The van der Waals surface area contributed by atoms with E-state index < -0.39 is 62.5 Å². The van der Waals surface area contributed by atoms with Crippen molar-refractivity contribution in [2.24, 2.45) is 0 Å². The number of methoxy groups -OCH3 is 2. The van der Waals surface area contributed by atoms with Crippen LogP contribution in [0.15, 0.2) is 75.0 Å². The minimum atomic E-state index is -2.59. The Kier molecular flexibility index (Phi) is 10.2. The molecule has 4 aromatic rings. The number of nitrogens with zero attached hydrogens (tertiary/aromatic N) is 2. The molecule has 1 aromatic heterocycles. The molecule has 1 aliphatic rings. The van der Waals surface area contributed by atoms with Crippen LogP contribution < -0.4 is 10.2 Å². The van der Waals surface area contributed by atoms with E-state index in [1.54, 1.807) is 6.92 Å². The molecule has 3 atom stereocenters. The van der Waals surface area contributed by atoms with E-state index >= 15 is 0 Å². The van der Waals surface area contributed by atoms with Crippen molar-refractivity contribution in [3.63, 3.8) is 0 Å². The Morgan fingerprint density at radius 3 is 2.04 bits per heavy atom. The fourth-order valence-corrected chi connectivity index (χ4v) is 6.66. The van der Waals surface area contributed by atoms with Gasteiger partial charge in [-0.25, -0.2) is 19.2 Å². The number of aliphatic hydroxyl groups is 1. The average molecular weight is 723 g/mol. The summed E-state index contributed by atoms with van der Waals surface area (Å²) in [7, 11) is 1.96. The second-order valence-electron chi connectivity index (χ2n) is 11.2. The largest absolute Gasteiger partial charge is 0.467 e. The van der Waals surface area contributed by atoms with Crippen molar-refractivity contribution in [1.82, 2.24) is 0 Å². The summed E-state index contributed by atoms with van der Waals surface area (Å²) in [5, 5.41) is 32.4. The maximum Gasteiger partial charge on any atom is 0.347 e. The highest BCUT2D eigenvalue weighted by molar-refractivity contribution is 8.00. The Morgan fingerprint density at radius 2 is 1.51 bits per heavy atom. The zero-order valence-electron chi connectivity index (χ0n) is 26.8. The van der Waals surface area contributed by atoms with Gasteiger partial charge in [0.25, 0.3) is 11.4 Å². The molecule has 0 aliphatic carbocycles. The third-order valence-electron chi connectivity index (χ3n) is 7.91. The molecule has 0 saturated heterocycles. The topological polar surface area (TPSA) is 242 Å². The second kappa shape index (κ2) is 14.4. The first-order valence-corrected chi connectivity index (χ1v) is 15.6. The van der Waals surface area contributed by atoms with E-state index in [0.717, 1.165) is 62.4 Å². The van der Waals surface area contributed by atoms with Crippen molar-refractivity contribution in [3.05, 3.63) is 113 Å². The molecule has 17 nitrogen and oxygen atoms in total. The number of thioether (sulfide) groups is 1. The van der Waals surface area contributed by atoms with Gasteiger partial charge in [-0.05, 0) is 55.3 Å². The van der Waals surface area contributed by atoms with Gasteiger partial charge in [-0.15, -0.1) is 0 Å². The van der Waals surface area contributed by atoms with Gasteiger partial charge in [0, 0.05) is 30.7 Å². The number of fused-ring (bicyclic) bond motifs is 2. The zero-order valence-corrected chi connectivity index (χ0v) is 27.6. The van der Waals surface area contributed by atoms with Crippen molar-refractivity contribution in [2.45, 2.75) is 41.8 Å². The Balaban J connectivity index is 1.45. The van der Waals surface area contributed by atoms with Crippen molar-refractivity contribution in [3.8, 4) is 5.75 Å². The minimum absolute atomic E-state index is 0.00414. The molecule has 0 bridgehead atoms. The van der Waals surface area contributed by atoms with Gasteiger partial charge in [-0.2, -0.15) is 0 Å². The number of hydrogen-bond acceptors (Lipinski definition) is 16. The molecule has 1 unspecified atom stereocenters. The van der Waals surface area contributed by atoms with Gasteiger partial charge < -0.3 is 28.5 Å². The zero-order chi connectivity index (χ0) is 37.2. The lowest BCUT2D eigenvalue weighted by molar-refractivity contribution is -0.385. The summed E-state index contributed by atoms with van der Waals surface area (Å²) < 4.78 is 26.4. The molecule has 0 amide bonds. The monoisotopic (exact) mass is 722 g/mol. The van der Waals surface area contributed by atoms with Crippen LogP contribution >= 0.6 is 11.8 Å². The summed E-state index contributed by atoms with van der Waals surface area (Å²) in [5.74, 6) is -4.60. The number of nitro benzene ring substituents is 2. The Hall–Kier alpha value is -6.14. The highest BCUT2D eigenvalue weighted by Crippen LogP contribution is 2.45. The summed E-state index contributed by atoms with van der Waals surface area (Å²) in [6.07, 6.45) is -3.10. The molecule has 3 aromatic carbocycles. The average Bonchev–Trinajstić information content (AvgIpc) is 3.55. The number of non-ortho nitro benzene ring substituents is 2. The van der Waals surface area contributed by atoms with E-state index in [4.69, 9.17) is 23.4 Å². The number of esters is 4. The third-order valence-corrected chi connectivity index (χ3v) is 9.30. The van der Waals surface area contributed by atoms with Gasteiger partial charge in [0.05, 0.1) is 46.0 Å². The molecule has 0 radical (unpaired) electrons. The standard InChI is InChI=1S/C33H26N2O15S/c1-16-12-22(48-28(37)17-4-8-19(9-5-17)34(42)43)26-23(13-16)50-31-21(27(26)36)14-25(51-31)33(41,32(40)47-3)15-24(30(39)46-2)49-29(38)18-6-10-20(11-7-18)35(44)45/h4-13,24-25,41H,14-15H2,1-3H3/t24-,25?,33-/m1/s1. The van der Waals surface area contributed by atoms with Gasteiger partial charge >= 0.3 is 23.9 Å². The van der Waals surface area contributed by atoms with Crippen molar-refractivity contribution < 1.29 is 57.5 Å². The van der Waals surface area contributed by atoms with Crippen LogP contribution in [0.2, 0.25) is 0 Å².